The third-order valence-electron chi connectivity index (χ3n) is 3.93. The Morgan fingerprint density at radius 3 is 2.71 bits per heavy atom. The van der Waals surface area contributed by atoms with E-state index in [4.69, 9.17) is 0 Å². The van der Waals surface area contributed by atoms with Crippen LogP contribution in [0.25, 0.3) is 0 Å². The van der Waals surface area contributed by atoms with Gasteiger partial charge in [0, 0.05) is 25.0 Å². The number of hydrogen-bond donors (Lipinski definition) is 1. The smallest absolute Gasteiger partial charge is 0.271 e. The molecule has 0 aliphatic heterocycles. The Morgan fingerprint density at radius 2 is 2.08 bits per heavy atom. The van der Waals surface area contributed by atoms with Crippen molar-refractivity contribution in [3.8, 4) is 0 Å². The molecule has 0 radical (unpaired) electrons. The number of aliphatic imine (C=N–C) groups is 1. The van der Waals surface area contributed by atoms with Crippen molar-refractivity contribution in [1.82, 2.24) is 0 Å². The van der Waals surface area contributed by atoms with Crippen molar-refractivity contribution >= 4 is 22.9 Å². The normalized spacial score (nSPS) is 21.0. The quantitative estimate of drug-likeness (QED) is 0.376. The molecule has 2 rings (SSSR count). The molecule has 0 atom stereocenters. The summed E-state index contributed by atoms with van der Waals surface area (Å²) in [6.07, 6.45) is 2.01. The van der Waals surface area contributed by atoms with Gasteiger partial charge in [0.1, 0.15) is 5.76 Å². The largest absolute Gasteiger partial charge is 0.511 e. The van der Waals surface area contributed by atoms with Gasteiger partial charge in [-0.2, -0.15) is 0 Å². The summed E-state index contributed by atoms with van der Waals surface area (Å²) in [5.74, 6) is -0.0661. The fourth-order valence-electron chi connectivity index (χ4n) is 2.90. The van der Waals surface area contributed by atoms with Gasteiger partial charge in [-0.25, -0.2) is 0 Å². The van der Waals surface area contributed by atoms with Crippen molar-refractivity contribution in [2.24, 2.45) is 10.4 Å². The molecule has 1 saturated carbocycles. The summed E-state index contributed by atoms with van der Waals surface area (Å²) < 4.78 is 0. The molecule has 0 bridgehead atoms. The molecule has 24 heavy (non-hydrogen) atoms. The Hall–Kier alpha value is -2.50. The Balaban J connectivity index is 2.52. The summed E-state index contributed by atoms with van der Waals surface area (Å²) >= 11 is 0. The highest BCUT2D eigenvalue weighted by molar-refractivity contribution is 6.25. The predicted octanol–water partition coefficient (Wildman–Crippen LogP) is 4.67. The van der Waals surface area contributed by atoms with Crippen LogP contribution in [-0.2, 0) is 4.79 Å². The molecule has 1 fully saturated rings. The van der Waals surface area contributed by atoms with Crippen LogP contribution in [0.2, 0.25) is 0 Å². The van der Waals surface area contributed by atoms with Crippen molar-refractivity contribution in [3.63, 3.8) is 0 Å². The number of nitro benzene ring substituents is 1. The minimum Gasteiger partial charge on any atom is -0.511 e. The van der Waals surface area contributed by atoms with Crippen molar-refractivity contribution < 1.29 is 14.8 Å². The number of rotatable bonds is 4. The highest BCUT2D eigenvalue weighted by Crippen LogP contribution is 2.37. The minimum absolute atomic E-state index is 0.0541. The average molecular weight is 330 g/mol. The van der Waals surface area contributed by atoms with Gasteiger partial charge < -0.3 is 5.11 Å². The number of allylic oxidation sites excluding steroid dienone is 2. The molecule has 0 unspecified atom stereocenters. The molecule has 1 aromatic carbocycles. The second-order valence-corrected chi connectivity index (χ2v) is 6.85. The van der Waals surface area contributed by atoms with E-state index in [1.165, 1.54) is 12.1 Å². The molecule has 0 spiro atoms. The van der Waals surface area contributed by atoms with Crippen molar-refractivity contribution in [3.05, 3.63) is 45.7 Å². The van der Waals surface area contributed by atoms with E-state index in [1.807, 2.05) is 20.8 Å². The maximum absolute atomic E-state index is 12.5. The number of benzene rings is 1. The summed E-state index contributed by atoms with van der Waals surface area (Å²) in [6.45, 7) is 5.87. The molecule has 0 saturated heterocycles. The monoisotopic (exact) mass is 330 g/mol. The van der Waals surface area contributed by atoms with Gasteiger partial charge in [-0.05, 0) is 24.3 Å². The Bertz CT molecular complexity index is 732. The molecule has 6 heteroatoms. The molecule has 128 valence electrons. The zero-order chi connectivity index (χ0) is 17.9. The molecule has 6 nitrogen and oxygen atoms in total. The molecule has 0 aromatic heterocycles. The second-order valence-electron chi connectivity index (χ2n) is 6.85. The first-order valence-corrected chi connectivity index (χ1v) is 8.01. The van der Waals surface area contributed by atoms with Crippen LogP contribution in [-0.4, -0.2) is 21.5 Å². The predicted molar refractivity (Wildman–Crippen MR) is 92.8 cm³/mol. The topological polar surface area (TPSA) is 92.8 Å². The summed E-state index contributed by atoms with van der Waals surface area (Å²) in [5, 5.41) is 21.2. The van der Waals surface area contributed by atoms with E-state index in [9.17, 15) is 20.0 Å². The minimum atomic E-state index is -0.481. The lowest BCUT2D eigenvalue weighted by Gasteiger charge is -2.31. The summed E-state index contributed by atoms with van der Waals surface area (Å²) in [5.41, 5.74) is 0.880. The first-order valence-electron chi connectivity index (χ1n) is 8.01. The standard InChI is InChI=1S/C18H22N2O4/c1-4-6-15(21)17-14(10-18(2,3)11-16(17)22)19-12-7-5-8-13(9-12)20(23)24/h5,7-9,21H,4,6,10-11H2,1-3H3. The number of non-ortho nitro benzene ring substituents is 1. The molecular weight excluding hydrogens is 308 g/mol. The third-order valence-corrected chi connectivity index (χ3v) is 3.93. The number of hydrogen-bond acceptors (Lipinski definition) is 5. The Kier molecular flexibility index (Phi) is 5.17. The molecule has 1 N–H and O–H groups in total. The van der Waals surface area contributed by atoms with Gasteiger partial charge in [0.2, 0.25) is 0 Å². The molecule has 1 aliphatic rings. The molecule has 0 amide bonds. The van der Waals surface area contributed by atoms with Crippen LogP contribution in [0, 0.1) is 15.5 Å². The van der Waals surface area contributed by atoms with E-state index in [1.54, 1.807) is 12.1 Å². The zero-order valence-corrected chi connectivity index (χ0v) is 14.2. The maximum Gasteiger partial charge on any atom is 0.271 e. The number of ketones is 1. The maximum atomic E-state index is 12.5. The fourth-order valence-corrected chi connectivity index (χ4v) is 2.90. The van der Waals surface area contributed by atoms with Gasteiger partial charge >= 0.3 is 0 Å². The van der Waals surface area contributed by atoms with Crippen LogP contribution in [0.1, 0.15) is 46.5 Å². The van der Waals surface area contributed by atoms with E-state index in [0.29, 0.717) is 30.7 Å². The number of aliphatic hydroxyl groups excluding tert-OH is 1. The number of Topliss-reactive ketones (excluding diaryl/α,β-unsaturated/α-hetero) is 1. The lowest BCUT2D eigenvalue weighted by atomic mass is 9.73. The number of carbonyl (C=O) groups excluding carboxylic acids is 1. The van der Waals surface area contributed by atoms with Gasteiger partial charge in [-0.15, -0.1) is 0 Å². The lowest BCUT2D eigenvalue weighted by Crippen LogP contribution is -2.32. The summed E-state index contributed by atoms with van der Waals surface area (Å²) in [6, 6.07) is 5.97. The number of carbonyl (C=O) groups is 1. The van der Waals surface area contributed by atoms with Crippen LogP contribution < -0.4 is 0 Å². The van der Waals surface area contributed by atoms with Gasteiger partial charge in [-0.3, -0.25) is 19.9 Å². The van der Waals surface area contributed by atoms with Gasteiger partial charge in [0.15, 0.2) is 5.78 Å². The molecule has 1 aliphatic carbocycles. The van der Waals surface area contributed by atoms with Crippen LogP contribution >= 0.6 is 0 Å². The molecule has 1 aromatic rings. The van der Waals surface area contributed by atoms with Gasteiger partial charge in [0.05, 0.1) is 21.9 Å². The first kappa shape index (κ1) is 17.8. The summed E-state index contributed by atoms with van der Waals surface area (Å²) in [4.78, 5) is 27.4. The van der Waals surface area contributed by atoms with Gasteiger partial charge in [0.25, 0.3) is 5.69 Å². The van der Waals surface area contributed by atoms with E-state index in [0.717, 1.165) is 6.42 Å². The number of aliphatic hydroxyl groups is 1. The van der Waals surface area contributed by atoms with E-state index in [2.05, 4.69) is 4.99 Å². The van der Waals surface area contributed by atoms with Gasteiger partial charge in [-0.1, -0.05) is 26.8 Å². The number of nitro groups is 1. The van der Waals surface area contributed by atoms with Crippen molar-refractivity contribution in [2.75, 3.05) is 0 Å². The highest BCUT2D eigenvalue weighted by Gasteiger charge is 2.36. The number of nitrogens with zero attached hydrogens (tertiary/aromatic N) is 2. The zero-order valence-electron chi connectivity index (χ0n) is 14.2. The lowest BCUT2D eigenvalue weighted by molar-refractivity contribution is -0.384. The first-order chi connectivity index (χ1) is 11.2. The van der Waals surface area contributed by atoms with E-state index in [-0.39, 0.29) is 28.2 Å². The van der Waals surface area contributed by atoms with Crippen molar-refractivity contribution in [1.29, 1.82) is 0 Å². The van der Waals surface area contributed by atoms with E-state index < -0.39 is 4.92 Å². The van der Waals surface area contributed by atoms with Crippen molar-refractivity contribution in [2.45, 2.75) is 46.5 Å². The third kappa shape index (κ3) is 4.07. The Morgan fingerprint density at radius 1 is 1.38 bits per heavy atom. The SMILES string of the molecule is CCCC(O)=C1C(=O)CC(C)(C)CC1=Nc1cccc([N+](=O)[O-])c1. The van der Waals surface area contributed by atoms with Crippen LogP contribution in [0.3, 0.4) is 0 Å². The highest BCUT2D eigenvalue weighted by atomic mass is 16.6. The summed E-state index contributed by atoms with van der Waals surface area (Å²) in [7, 11) is 0. The second kappa shape index (κ2) is 6.95. The van der Waals surface area contributed by atoms with Crippen LogP contribution in [0.15, 0.2) is 40.6 Å². The van der Waals surface area contributed by atoms with Crippen LogP contribution in [0.5, 0.6) is 0 Å². The van der Waals surface area contributed by atoms with E-state index >= 15 is 0 Å². The average Bonchev–Trinajstić information content (AvgIpc) is 2.45. The molecule has 0 heterocycles. The van der Waals surface area contributed by atoms with Crippen LogP contribution in [0.4, 0.5) is 11.4 Å². The molecular formula is C18H22N2O4. The Labute approximate surface area is 141 Å². The fraction of sp³-hybridized carbons (Fsp3) is 0.444.